The second kappa shape index (κ2) is 17.0. The molecule has 4 aromatic carbocycles. The number of primary amides is 1. The summed E-state index contributed by atoms with van der Waals surface area (Å²) in [4.78, 5) is 72.9. The van der Waals surface area contributed by atoms with Crippen LogP contribution in [0, 0.1) is 11.8 Å². The summed E-state index contributed by atoms with van der Waals surface area (Å²) in [7, 11) is 2.92. The highest BCUT2D eigenvalue weighted by atomic mass is 16.6. The van der Waals surface area contributed by atoms with Crippen molar-refractivity contribution in [1.29, 1.82) is 0 Å². The van der Waals surface area contributed by atoms with E-state index in [0.29, 0.717) is 49.9 Å². The number of aromatic nitrogens is 4. The highest BCUT2D eigenvalue weighted by molar-refractivity contribution is 6.07. The normalized spacial score (nSPS) is 19.5. The molecule has 5 atom stereocenters. The van der Waals surface area contributed by atoms with E-state index in [1.807, 2.05) is 36.9 Å². The molecule has 0 saturated carbocycles. The Hall–Kier alpha value is -6.94. The molecule has 5 heterocycles. The van der Waals surface area contributed by atoms with Crippen LogP contribution >= 0.6 is 0 Å². The number of likely N-dealkylation sites (tertiary alicyclic amines) is 2. The maximum atomic E-state index is 14.4. The minimum Gasteiger partial charge on any atom is -0.488 e. The molecule has 2 fully saturated rings. The summed E-state index contributed by atoms with van der Waals surface area (Å²) in [5, 5.41) is 4.65. The maximum absolute atomic E-state index is 14.4. The van der Waals surface area contributed by atoms with Gasteiger partial charge in [0.25, 0.3) is 5.91 Å². The van der Waals surface area contributed by atoms with Gasteiger partial charge in [-0.1, -0.05) is 62.4 Å². The Morgan fingerprint density at radius 1 is 0.969 bits per heavy atom. The van der Waals surface area contributed by atoms with Crippen molar-refractivity contribution in [2.24, 2.45) is 17.6 Å². The second-order valence-corrected chi connectivity index (χ2v) is 17.4. The first-order valence-corrected chi connectivity index (χ1v) is 21.6. The Morgan fingerprint density at radius 3 is 2.53 bits per heavy atom. The van der Waals surface area contributed by atoms with Crippen LogP contribution in [0.5, 0.6) is 5.75 Å². The van der Waals surface area contributed by atoms with Gasteiger partial charge in [-0.3, -0.25) is 9.59 Å². The molecule has 4 amide bonds. The number of methoxy groups -OCH3 is 2. The molecule has 6 aromatic rings. The molecule has 0 spiro atoms. The smallest absolute Gasteiger partial charge is 0.407 e. The number of alkyl carbamates (subject to hydrolysis) is 1. The first-order chi connectivity index (χ1) is 30.9. The molecular weight excluding hydrogens is 817 g/mol. The molecule has 0 bridgehead atoms. The van der Waals surface area contributed by atoms with E-state index < -0.39 is 35.8 Å². The number of nitrogens with one attached hydrogen (secondary N) is 3. The lowest BCUT2D eigenvalue weighted by Gasteiger charge is -2.34. The first-order valence-electron chi connectivity index (χ1n) is 21.6. The van der Waals surface area contributed by atoms with Gasteiger partial charge in [0.05, 0.1) is 48.7 Å². The lowest BCUT2D eigenvalue weighted by molar-refractivity contribution is -0.152. The molecule has 3 aliphatic heterocycles. The molecule has 0 aliphatic carbocycles. The van der Waals surface area contributed by atoms with Gasteiger partial charge in [-0.25, -0.2) is 19.6 Å². The molecule has 2 saturated heterocycles. The van der Waals surface area contributed by atoms with E-state index in [4.69, 9.17) is 34.6 Å². The molecule has 3 aliphatic rings. The Balaban J connectivity index is 0.976. The quantitative estimate of drug-likeness (QED) is 0.103. The second-order valence-electron chi connectivity index (χ2n) is 17.4. The van der Waals surface area contributed by atoms with Crippen LogP contribution in [0.1, 0.15) is 74.9 Å². The summed E-state index contributed by atoms with van der Waals surface area (Å²) in [6.45, 7) is 7.11. The number of H-pyrrole nitrogens is 2. The van der Waals surface area contributed by atoms with Crippen molar-refractivity contribution in [3.8, 4) is 28.1 Å². The van der Waals surface area contributed by atoms with E-state index in [1.165, 1.54) is 7.11 Å². The van der Waals surface area contributed by atoms with Gasteiger partial charge in [0, 0.05) is 42.6 Å². The average molecular weight is 869 g/mol. The van der Waals surface area contributed by atoms with E-state index in [9.17, 15) is 19.2 Å². The van der Waals surface area contributed by atoms with Crippen LogP contribution in [-0.4, -0.2) is 93.7 Å². The van der Waals surface area contributed by atoms with Crippen LogP contribution in [0.2, 0.25) is 0 Å². The van der Waals surface area contributed by atoms with Crippen molar-refractivity contribution in [1.82, 2.24) is 35.1 Å². The van der Waals surface area contributed by atoms with E-state index in [-0.39, 0.29) is 23.8 Å². The highest BCUT2D eigenvalue weighted by Gasteiger charge is 2.48. The Bertz CT molecular complexity index is 2770. The van der Waals surface area contributed by atoms with Crippen LogP contribution in [0.15, 0.2) is 79.0 Å². The standard InChI is InChI=1S/C48H52N8O8/c1-26(2)40(54-47(60)62-5)44(57)55-17-9-12-37(55)43-51-35-16-14-28-20-34-32-15-13-29(19-30(32)25-63-39(34)21-33(28)41(35)53-43)36-22-50-42(52-36)38-18-27(24-61-4)23-56(38)45(58)48(3,64-46(49)59)31-10-7-6-8-11-31/h6-8,10-11,13-16,19-22,26-27,37-38,40H,9,12,17-18,23-25H2,1-5H3,(H2,49,59)(H,50,52)(H,51,53)(H,54,60)/t27-,37-,38-,40-,48+/m0/s1. The number of nitrogens with zero attached hydrogens (tertiary/aromatic N) is 4. The number of carbonyl (C=O) groups excluding carboxylic acids is 4. The lowest BCUT2D eigenvalue weighted by Crippen LogP contribution is -2.51. The Morgan fingerprint density at radius 2 is 1.78 bits per heavy atom. The van der Waals surface area contributed by atoms with Crippen molar-refractivity contribution in [2.75, 3.05) is 33.9 Å². The number of amides is 4. The summed E-state index contributed by atoms with van der Waals surface area (Å²) in [6, 6.07) is 22.0. The van der Waals surface area contributed by atoms with Gasteiger partial charge >= 0.3 is 12.2 Å². The number of hydrogen-bond donors (Lipinski definition) is 4. The van der Waals surface area contributed by atoms with E-state index in [2.05, 4.69) is 45.6 Å². The maximum Gasteiger partial charge on any atom is 0.407 e. The van der Waals surface area contributed by atoms with Gasteiger partial charge < -0.3 is 49.8 Å². The van der Waals surface area contributed by atoms with Crippen molar-refractivity contribution in [2.45, 2.75) is 70.4 Å². The number of hydrogen-bond acceptors (Lipinski definition) is 10. The minimum absolute atomic E-state index is 0.0264. The van der Waals surface area contributed by atoms with Gasteiger partial charge in [0.2, 0.25) is 11.5 Å². The SMILES string of the molecule is COC[C@H]1C[C@@H](c2ncc(-c3ccc4c(c3)COc3cc5c(ccc6[nH]c([C@@H]7CCCN7C(=O)[C@@H](NC(=O)OC)C(C)C)nc65)cc3-4)[nH]2)N(C(=O)[C@](C)(OC(N)=O)c2ccccc2)C1. The number of rotatable bonds is 11. The van der Waals surface area contributed by atoms with E-state index in [1.54, 1.807) is 49.4 Å². The fourth-order valence-electron chi connectivity index (χ4n) is 9.70. The van der Waals surface area contributed by atoms with Crippen molar-refractivity contribution >= 4 is 45.8 Å². The van der Waals surface area contributed by atoms with Gasteiger partial charge in [0.15, 0.2) is 0 Å². The number of fused-ring (bicyclic) bond motifs is 6. The molecule has 16 nitrogen and oxygen atoms in total. The number of ether oxygens (including phenoxy) is 4. The van der Waals surface area contributed by atoms with Crippen LogP contribution < -0.4 is 15.8 Å². The number of benzene rings is 4. The Kier molecular flexibility index (Phi) is 11.2. The zero-order chi connectivity index (χ0) is 44.9. The lowest BCUT2D eigenvalue weighted by atomic mass is 9.92. The van der Waals surface area contributed by atoms with Crippen LogP contribution in [-0.2, 0) is 36.0 Å². The van der Waals surface area contributed by atoms with Gasteiger partial charge in [-0.15, -0.1) is 0 Å². The molecule has 0 unspecified atom stereocenters. The van der Waals surface area contributed by atoms with Crippen molar-refractivity contribution in [3.63, 3.8) is 0 Å². The molecule has 332 valence electrons. The van der Waals surface area contributed by atoms with E-state index >= 15 is 0 Å². The third-order valence-electron chi connectivity index (χ3n) is 12.9. The summed E-state index contributed by atoms with van der Waals surface area (Å²) >= 11 is 0. The summed E-state index contributed by atoms with van der Waals surface area (Å²) < 4.78 is 22.3. The zero-order valence-electron chi connectivity index (χ0n) is 36.5. The largest absolute Gasteiger partial charge is 0.488 e. The molecule has 9 rings (SSSR count). The van der Waals surface area contributed by atoms with Gasteiger partial charge in [-0.05, 0) is 78.4 Å². The molecule has 2 aromatic heterocycles. The predicted octanol–water partition coefficient (Wildman–Crippen LogP) is 7.26. The molecule has 16 heteroatoms. The Labute approximate surface area is 369 Å². The third-order valence-corrected chi connectivity index (χ3v) is 12.9. The number of imidazole rings is 2. The highest BCUT2D eigenvalue weighted by Crippen LogP contribution is 2.44. The summed E-state index contributed by atoms with van der Waals surface area (Å²) in [5.41, 5.74) is 10.7. The van der Waals surface area contributed by atoms with Crippen LogP contribution in [0.25, 0.3) is 44.2 Å². The fraction of sp³-hybridized carbons (Fsp3) is 0.375. The van der Waals surface area contributed by atoms with E-state index in [0.717, 1.165) is 68.3 Å². The first kappa shape index (κ1) is 42.4. The summed E-state index contributed by atoms with van der Waals surface area (Å²) in [6.07, 6.45) is 2.25. The van der Waals surface area contributed by atoms with Crippen LogP contribution in [0.4, 0.5) is 9.59 Å². The zero-order valence-corrected chi connectivity index (χ0v) is 36.5. The van der Waals surface area contributed by atoms with Crippen molar-refractivity contribution < 1.29 is 38.1 Å². The molecule has 64 heavy (non-hydrogen) atoms. The number of carbonyl (C=O) groups is 4. The van der Waals surface area contributed by atoms with Crippen molar-refractivity contribution in [3.05, 3.63) is 102 Å². The third kappa shape index (κ3) is 7.65. The van der Waals surface area contributed by atoms with Crippen LogP contribution in [0.3, 0.4) is 0 Å². The molecule has 0 radical (unpaired) electrons. The molecule has 5 N–H and O–H groups in total. The number of aromatic amines is 2. The average Bonchev–Trinajstić information content (AvgIpc) is 4.13. The molecular formula is C48H52N8O8. The van der Waals surface area contributed by atoms with Gasteiger partial charge in [0.1, 0.15) is 30.0 Å². The fourth-order valence-corrected chi connectivity index (χ4v) is 9.70. The number of nitrogens with two attached hydrogens (primary N) is 1. The topological polar surface area (TPSA) is 207 Å². The predicted molar refractivity (Wildman–Crippen MR) is 238 cm³/mol. The summed E-state index contributed by atoms with van der Waals surface area (Å²) in [5.74, 6) is 1.40. The minimum atomic E-state index is -1.65. The monoisotopic (exact) mass is 868 g/mol. The van der Waals surface area contributed by atoms with Gasteiger partial charge in [-0.2, -0.15) is 0 Å².